The molecular weight excluding hydrogens is 244 g/mol. The van der Waals surface area contributed by atoms with E-state index in [0.717, 1.165) is 17.7 Å². The summed E-state index contributed by atoms with van der Waals surface area (Å²) in [5.41, 5.74) is 0.658. The van der Waals surface area contributed by atoms with E-state index in [9.17, 15) is 9.90 Å². The summed E-state index contributed by atoms with van der Waals surface area (Å²) in [4.78, 5) is 13.0. The van der Waals surface area contributed by atoms with Crippen LogP contribution >= 0.6 is 11.8 Å². The highest BCUT2D eigenvalue weighted by Crippen LogP contribution is 2.36. The van der Waals surface area contributed by atoms with Crippen molar-refractivity contribution in [1.29, 1.82) is 0 Å². The van der Waals surface area contributed by atoms with Gasteiger partial charge in [-0.05, 0) is 18.6 Å². The molecule has 18 heavy (non-hydrogen) atoms. The molecule has 2 nitrogen and oxygen atoms in total. The summed E-state index contributed by atoms with van der Waals surface area (Å²) < 4.78 is 0. The Labute approximate surface area is 112 Å². The summed E-state index contributed by atoms with van der Waals surface area (Å²) in [6, 6.07) is 10.1. The van der Waals surface area contributed by atoms with Crippen LogP contribution in [-0.2, 0) is 4.79 Å². The summed E-state index contributed by atoms with van der Waals surface area (Å²) >= 11 is 1.68. The number of ketones is 1. The molecule has 2 rings (SSSR count). The van der Waals surface area contributed by atoms with E-state index in [-0.39, 0.29) is 11.0 Å². The van der Waals surface area contributed by atoms with Crippen molar-refractivity contribution in [2.24, 2.45) is 0 Å². The molecule has 1 aromatic rings. The number of Topliss-reactive ketones (excluding diaryl/α,β-unsaturated/α-hetero) is 1. The van der Waals surface area contributed by atoms with Crippen molar-refractivity contribution in [3.8, 4) is 0 Å². The van der Waals surface area contributed by atoms with Gasteiger partial charge in [-0.2, -0.15) is 0 Å². The Morgan fingerprint density at radius 3 is 2.56 bits per heavy atom. The van der Waals surface area contributed by atoms with Crippen molar-refractivity contribution >= 4 is 17.5 Å². The molecule has 0 aromatic heterocycles. The van der Waals surface area contributed by atoms with E-state index in [1.165, 1.54) is 0 Å². The second kappa shape index (κ2) is 6.10. The summed E-state index contributed by atoms with van der Waals surface area (Å²) in [6.45, 7) is 2.11. The minimum absolute atomic E-state index is 0.0902. The lowest BCUT2D eigenvalue weighted by atomic mass is 10.1. The van der Waals surface area contributed by atoms with Crippen molar-refractivity contribution in [2.75, 3.05) is 0 Å². The van der Waals surface area contributed by atoms with Gasteiger partial charge in [0.1, 0.15) is 5.76 Å². The second-order valence-corrected chi connectivity index (χ2v) is 5.77. The zero-order valence-electron chi connectivity index (χ0n) is 10.6. The Morgan fingerprint density at radius 2 is 2.00 bits per heavy atom. The summed E-state index contributed by atoms with van der Waals surface area (Å²) in [7, 11) is 0. The molecule has 0 aliphatic heterocycles. The first kappa shape index (κ1) is 13.2. The summed E-state index contributed by atoms with van der Waals surface area (Å²) in [6.07, 6.45) is 2.92. The van der Waals surface area contributed by atoms with E-state index < -0.39 is 0 Å². The average molecular weight is 262 g/mol. The fourth-order valence-corrected chi connectivity index (χ4v) is 3.60. The lowest BCUT2D eigenvalue weighted by Gasteiger charge is -2.16. The maximum absolute atomic E-state index is 11.9. The number of benzene rings is 1. The molecule has 1 N–H and O–H groups in total. The smallest absolute Gasteiger partial charge is 0.163 e. The van der Waals surface area contributed by atoms with Crippen LogP contribution in [0.1, 0.15) is 32.6 Å². The Bertz CT molecular complexity index is 451. The van der Waals surface area contributed by atoms with Gasteiger partial charge in [-0.1, -0.05) is 31.5 Å². The summed E-state index contributed by atoms with van der Waals surface area (Å²) in [5.74, 6) is 0.427. The highest BCUT2D eigenvalue weighted by Gasteiger charge is 2.29. The van der Waals surface area contributed by atoms with Crippen LogP contribution in [-0.4, -0.2) is 16.1 Å². The minimum atomic E-state index is 0.0902. The number of aliphatic hydroxyl groups is 1. The quantitative estimate of drug-likeness (QED) is 0.811. The van der Waals surface area contributed by atoms with Crippen LogP contribution in [0.3, 0.4) is 0 Å². The number of carbonyl (C=O) groups is 1. The van der Waals surface area contributed by atoms with Gasteiger partial charge in [0.25, 0.3) is 0 Å². The van der Waals surface area contributed by atoms with Crippen molar-refractivity contribution in [3.05, 3.63) is 41.7 Å². The number of allylic oxidation sites excluding steroid dienone is 1. The van der Waals surface area contributed by atoms with Crippen LogP contribution in [0.5, 0.6) is 0 Å². The van der Waals surface area contributed by atoms with Crippen LogP contribution < -0.4 is 0 Å². The van der Waals surface area contributed by atoms with Gasteiger partial charge in [-0.25, -0.2) is 0 Å². The topological polar surface area (TPSA) is 37.3 Å². The molecule has 1 aromatic carbocycles. The molecule has 0 unspecified atom stereocenters. The molecule has 0 bridgehead atoms. The predicted octanol–water partition coefficient (Wildman–Crippen LogP) is 4.12. The average Bonchev–Trinajstić information content (AvgIpc) is 2.70. The molecule has 96 valence electrons. The van der Waals surface area contributed by atoms with Gasteiger partial charge < -0.3 is 5.11 Å². The first-order valence-electron chi connectivity index (χ1n) is 6.39. The molecule has 3 heteroatoms. The molecule has 1 atom stereocenters. The third kappa shape index (κ3) is 2.96. The molecule has 0 radical (unpaired) electrons. The van der Waals surface area contributed by atoms with Gasteiger partial charge >= 0.3 is 0 Å². The van der Waals surface area contributed by atoms with E-state index >= 15 is 0 Å². The van der Waals surface area contributed by atoms with Gasteiger partial charge in [-0.3, -0.25) is 4.79 Å². The number of thioether (sulfide) groups is 1. The Balaban J connectivity index is 2.19. The number of aliphatic hydroxyl groups excluding tert-OH is 1. The standard InChI is InChI=1S/C15H18O2S/c1-2-6-14(15-12(16)9-10-13(15)17)18-11-7-4-3-5-8-11/h3-5,7-8,14,16H,2,6,9-10H2,1H3/t14-/m1/s1. The number of carbonyl (C=O) groups excluding carboxylic acids is 1. The molecular formula is C15H18O2S. The monoisotopic (exact) mass is 262 g/mol. The second-order valence-electron chi connectivity index (χ2n) is 4.49. The van der Waals surface area contributed by atoms with Gasteiger partial charge in [0.15, 0.2) is 5.78 Å². The first-order chi connectivity index (χ1) is 8.72. The van der Waals surface area contributed by atoms with Gasteiger partial charge in [0.2, 0.25) is 0 Å². The molecule has 0 spiro atoms. The normalized spacial score (nSPS) is 17.3. The van der Waals surface area contributed by atoms with Crippen molar-refractivity contribution in [1.82, 2.24) is 0 Å². The first-order valence-corrected chi connectivity index (χ1v) is 7.27. The van der Waals surface area contributed by atoms with E-state index in [4.69, 9.17) is 0 Å². The predicted molar refractivity (Wildman–Crippen MR) is 74.9 cm³/mol. The largest absolute Gasteiger partial charge is 0.512 e. The van der Waals surface area contributed by atoms with Crippen molar-refractivity contribution in [2.45, 2.75) is 42.8 Å². The number of hydrogen-bond acceptors (Lipinski definition) is 3. The maximum Gasteiger partial charge on any atom is 0.163 e. The third-order valence-corrected chi connectivity index (χ3v) is 4.39. The lowest BCUT2D eigenvalue weighted by molar-refractivity contribution is -0.115. The van der Waals surface area contributed by atoms with Gasteiger partial charge in [0, 0.05) is 28.6 Å². The molecule has 0 saturated heterocycles. The fraction of sp³-hybridized carbons (Fsp3) is 0.400. The van der Waals surface area contributed by atoms with Crippen LogP contribution in [0.4, 0.5) is 0 Å². The van der Waals surface area contributed by atoms with E-state index in [0.29, 0.717) is 24.2 Å². The third-order valence-electron chi connectivity index (χ3n) is 3.09. The molecule has 1 aliphatic rings. The van der Waals surface area contributed by atoms with E-state index in [1.54, 1.807) is 11.8 Å². The molecule has 0 fully saturated rings. The highest BCUT2D eigenvalue weighted by molar-refractivity contribution is 8.00. The Hall–Kier alpha value is -1.22. The molecule has 0 heterocycles. The SMILES string of the molecule is CCC[C@@H](Sc1ccccc1)C1=C(O)CCC1=O. The van der Waals surface area contributed by atoms with Crippen molar-refractivity contribution in [3.63, 3.8) is 0 Å². The van der Waals surface area contributed by atoms with E-state index in [1.807, 2.05) is 30.3 Å². The molecule has 0 amide bonds. The van der Waals surface area contributed by atoms with Crippen LogP contribution in [0.25, 0.3) is 0 Å². The number of hydrogen-bond donors (Lipinski definition) is 1. The fourth-order valence-electron chi connectivity index (χ4n) is 2.22. The van der Waals surface area contributed by atoms with Crippen molar-refractivity contribution < 1.29 is 9.90 Å². The van der Waals surface area contributed by atoms with Crippen LogP contribution in [0.15, 0.2) is 46.6 Å². The highest BCUT2D eigenvalue weighted by atomic mass is 32.2. The van der Waals surface area contributed by atoms with Gasteiger partial charge in [-0.15, -0.1) is 11.8 Å². The molecule has 1 aliphatic carbocycles. The zero-order valence-corrected chi connectivity index (χ0v) is 11.4. The lowest BCUT2D eigenvalue weighted by Crippen LogP contribution is -2.13. The maximum atomic E-state index is 11.9. The van der Waals surface area contributed by atoms with Crippen LogP contribution in [0, 0.1) is 0 Å². The Morgan fingerprint density at radius 1 is 1.28 bits per heavy atom. The van der Waals surface area contributed by atoms with Crippen LogP contribution in [0.2, 0.25) is 0 Å². The summed E-state index contributed by atoms with van der Waals surface area (Å²) in [5, 5.41) is 9.97. The Kier molecular flexibility index (Phi) is 4.48. The number of rotatable bonds is 5. The minimum Gasteiger partial charge on any atom is -0.512 e. The zero-order chi connectivity index (χ0) is 13.0. The van der Waals surface area contributed by atoms with Gasteiger partial charge in [0.05, 0.1) is 0 Å². The van der Waals surface area contributed by atoms with E-state index in [2.05, 4.69) is 6.92 Å². The molecule has 0 saturated carbocycles.